The predicted molar refractivity (Wildman–Crippen MR) is 51.9 cm³/mol. The first-order valence-corrected chi connectivity index (χ1v) is 4.31. The monoisotopic (exact) mass is 195 g/mol. The zero-order chi connectivity index (χ0) is 10.4. The lowest BCUT2D eigenvalue weighted by Crippen LogP contribution is -1.95. The van der Waals surface area contributed by atoms with E-state index in [1.54, 1.807) is 12.1 Å². The lowest BCUT2D eigenvalue weighted by molar-refractivity contribution is 0.151. The number of hydrogen-bond acceptors (Lipinski definition) is 1. The first-order valence-electron chi connectivity index (χ1n) is 4.31. The van der Waals surface area contributed by atoms with Gasteiger partial charge >= 0.3 is 0 Å². The van der Waals surface area contributed by atoms with Crippen LogP contribution in [0.1, 0.15) is 24.0 Å². The highest BCUT2D eigenvalue weighted by molar-refractivity contribution is 5.37. The van der Waals surface area contributed by atoms with Gasteiger partial charge in [0.25, 0.3) is 6.43 Å². The summed E-state index contributed by atoms with van der Waals surface area (Å²) in [6, 6.07) is 6.07. The van der Waals surface area contributed by atoms with Gasteiger partial charge in [0.2, 0.25) is 0 Å². The summed E-state index contributed by atoms with van der Waals surface area (Å²) in [4.78, 5) is 0. The van der Waals surface area contributed by atoms with Crippen LogP contribution in [0, 0.1) is 11.8 Å². The van der Waals surface area contributed by atoms with E-state index in [0.29, 0.717) is 18.5 Å². The average molecular weight is 195 g/mol. The zero-order valence-electron chi connectivity index (χ0n) is 7.63. The molecule has 0 saturated carbocycles. The van der Waals surface area contributed by atoms with Crippen molar-refractivity contribution in [3.63, 3.8) is 0 Å². The van der Waals surface area contributed by atoms with E-state index in [-0.39, 0.29) is 5.56 Å². The summed E-state index contributed by atoms with van der Waals surface area (Å²) >= 11 is 0. The number of benzene rings is 1. The van der Waals surface area contributed by atoms with E-state index in [1.165, 1.54) is 12.1 Å². The van der Waals surface area contributed by atoms with Gasteiger partial charge < -0.3 is 5.73 Å². The Bertz CT molecular complexity index is 350. The van der Waals surface area contributed by atoms with Crippen LogP contribution < -0.4 is 5.73 Å². The van der Waals surface area contributed by atoms with E-state index in [2.05, 4.69) is 11.8 Å². The van der Waals surface area contributed by atoms with Crippen molar-refractivity contribution in [2.75, 3.05) is 6.54 Å². The normalized spacial score (nSPS) is 9.71. The van der Waals surface area contributed by atoms with Gasteiger partial charge in [-0.2, -0.15) is 0 Å². The van der Waals surface area contributed by atoms with Crippen LogP contribution in [0.15, 0.2) is 24.3 Å². The van der Waals surface area contributed by atoms with Crippen molar-refractivity contribution in [2.45, 2.75) is 12.8 Å². The molecular formula is C11H11F2N. The second-order valence-electron chi connectivity index (χ2n) is 2.77. The Morgan fingerprint density at radius 1 is 1.36 bits per heavy atom. The summed E-state index contributed by atoms with van der Waals surface area (Å²) < 4.78 is 24.5. The van der Waals surface area contributed by atoms with Crippen LogP contribution in [0.3, 0.4) is 0 Å². The Kier molecular flexibility index (Phi) is 4.09. The average Bonchev–Trinajstić information content (AvgIpc) is 2.19. The molecule has 0 aromatic heterocycles. The minimum absolute atomic E-state index is 0.00421. The lowest BCUT2D eigenvalue weighted by atomic mass is 10.1. The molecular weight excluding hydrogens is 184 g/mol. The van der Waals surface area contributed by atoms with Crippen molar-refractivity contribution in [3.8, 4) is 11.8 Å². The van der Waals surface area contributed by atoms with E-state index in [9.17, 15) is 8.78 Å². The summed E-state index contributed by atoms with van der Waals surface area (Å²) in [6.45, 7) is 0.488. The maximum absolute atomic E-state index is 12.3. The van der Waals surface area contributed by atoms with E-state index < -0.39 is 6.43 Å². The molecule has 0 heterocycles. The van der Waals surface area contributed by atoms with Crippen LogP contribution in [-0.2, 0) is 0 Å². The van der Waals surface area contributed by atoms with Gasteiger partial charge in [0, 0.05) is 24.1 Å². The molecule has 0 saturated heterocycles. The van der Waals surface area contributed by atoms with E-state index >= 15 is 0 Å². The Morgan fingerprint density at radius 3 is 2.79 bits per heavy atom. The molecule has 1 rings (SSSR count). The number of alkyl halides is 2. The molecule has 1 aromatic carbocycles. The molecule has 3 heteroatoms. The van der Waals surface area contributed by atoms with Crippen LogP contribution >= 0.6 is 0 Å². The molecule has 2 N–H and O–H groups in total. The van der Waals surface area contributed by atoms with E-state index in [1.807, 2.05) is 0 Å². The standard InChI is InChI=1S/C11H11F2N/c12-11(13)10-6-3-5-9(8-10)4-1-2-7-14/h3,5-6,8,11H,2,7,14H2. The fourth-order valence-electron chi connectivity index (χ4n) is 0.989. The maximum atomic E-state index is 12.3. The lowest BCUT2D eigenvalue weighted by Gasteiger charge is -1.98. The largest absolute Gasteiger partial charge is 0.330 e. The quantitative estimate of drug-likeness (QED) is 0.720. The Balaban J connectivity index is 2.80. The van der Waals surface area contributed by atoms with Crippen LogP contribution in [-0.4, -0.2) is 6.54 Å². The molecule has 1 aromatic rings. The fourth-order valence-corrected chi connectivity index (χ4v) is 0.989. The van der Waals surface area contributed by atoms with Gasteiger partial charge in [-0.25, -0.2) is 8.78 Å². The Morgan fingerprint density at radius 2 is 2.14 bits per heavy atom. The summed E-state index contributed by atoms with van der Waals surface area (Å²) in [5, 5.41) is 0. The summed E-state index contributed by atoms with van der Waals surface area (Å²) in [5.41, 5.74) is 5.86. The number of nitrogens with two attached hydrogens (primary N) is 1. The molecule has 0 spiro atoms. The Labute approximate surface area is 81.9 Å². The maximum Gasteiger partial charge on any atom is 0.263 e. The van der Waals surface area contributed by atoms with E-state index in [0.717, 1.165) is 0 Å². The molecule has 0 aliphatic rings. The van der Waals surface area contributed by atoms with Crippen LogP contribution in [0.5, 0.6) is 0 Å². The molecule has 0 radical (unpaired) electrons. The summed E-state index contributed by atoms with van der Waals surface area (Å²) in [6.07, 6.45) is -1.86. The summed E-state index contributed by atoms with van der Waals surface area (Å²) in [7, 11) is 0. The fraction of sp³-hybridized carbons (Fsp3) is 0.273. The molecule has 0 atom stereocenters. The van der Waals surface area contributed by atoms with Crippen molar-refractivity contribution in [3.05, 3.63) is 35.4 Å². The van der Waals surface area contributed by atoms with Gasteiger partial charge in [-0.1, -0.05) is 24.0 Å². The number of halogens is 2. The second kappa shape index (κ2) is 5.36. The number of rotatable bonds is 2. The number of hydrogen-bond donors (Lipinski definition) is 1. The van der Waals surface area contributed by atoms with Crippen molar-refractivity contribution in [1.82, 2.24) is 0 Å². The first-order chi connectivity index (χ1) is 6.74. The highest BCUT2D eigenvalue weighted by atomic mass is 19.3. The van der Waals surface area contributed by atoms with E-state index in [4.69, 9.17) is 5.73 Å². The van der Waals surface area contributed by atoms with Crippen molar-refractivity contribution < 1.29 is 8.78 Å². The minimum Gasteiger partial charge on any atom is -0.330 e. The van der Waals surface area contributed by atoms with Gasteiger partial charge in [-0.3, -0.25) is 0 Å². The summed E-state index contributed by atoms with van der Waals surface area (Å²) in [5.74, 6) is 5.58. The topological polar surface area (TPSA) is 26.0 Å². The van der Waals surface area contributed by atoms with Crippen molar-refractivity contribution in [1.29, 1.82) is 0 Å². The molecule has 0 aliphatic heterocycles. The zero-order valence-corrected chi connectivity index (χ0v) is 7.63. The molecule has 0 fully saturated rings. The predicted octanol–water partition coefficient (Wildman–Crippen LogP) is 2.32. The second-order valence-corrected chi connectivity index (χ2v) is 2.77. The molecule has 74 valence electrons. The smallest absolute Gasteiger partial charge is 0.263 e. The molecule has 0 unspecified atom stereocenters. The molecule has 14 heavy (non-hydrogen) atoms. The first kappa shape index (κ1) is 10.7. The van der Waals surface area contributed by atoms with Gasteiger partial charge in [0.15, 0.2) is 0 Å². The minimum atomic E-state index is -2.44. The molecule has 0 bridgehead atoms. The Hall–Kier alpha value is -1.40. The third-order valence-electron chi connectivity index (χ3n) is 1.64. The molecule has 1 nitrogen and oxygen atoms in total. The highest BCUT2D eigenvalue weighted by Gasteiger charge is 2.05. The van der Waals surface area contributed by atoms with Gasteiger partial charge in [-0.15, -0.1) is 0 Å². The van der Waals surface area contributed by atoms with Gasteiger partial charge in [0.05, 0.1) is 0 Å². The third-order valence-corrected chi connectivity index (χ3v) is 1.64. The molecule has 0 amide bonds. The van der Waals surface area contributed by atoms with Gasteiger partial charge in [0.1, 0.15) is 0 Å². The van der Waals surface area contributed by atoms with Crippen LogP contribution in [0.25, 0.3) is 0 Å². The highest BCUT2D eigenvalue weighted by Crippen LogP contribution is 2.18. The van der Waals surface area contributed by atoms with Crippen LogP contribution in [0.4, 0.5) is 8.78 Å². The molecule has 0 aliphatic carbocycles. The SMILES string of the molecule is NCCC#Cc1cccc(C(F)F)c1. The van der Waals surface area contributed by atoms with Crippen molar-refractivity contribution in [2.24, 2.45) is 5.73 Å². The van der Waals surface area contributed by atoms with Crippen molar-refractivity contribution >= 4 is 0 Å². The van der Waals surface area contributed by atoms with Crippen LogP contribution in [0.2, 0.25) is 0 Å². The third kappa shape index (κ3) is 3.15. The van der Waals surface area contributed by atoms with Gasteiger partial charge in [-0.05, 0) is 12.1 Å².